The average Bonchev–Trinajstić information content (AvgIpc) is 3.45. The summed E-state index contributed by atoms with van der Waals surface area (Å²) >= 11 is 1.51. The van der Waals surface area contributed by atoms with Crippen LogP contribution in [0.2, 0.25) is 0 Å². The molecule has 0 saturated carbocycles. The number of thiophene rings is 1. The first-order valence-electron chi connectivity index (χ1n) is 8.68. The monoisotopic (exact) mass is 395 g/mol. The molecule has 0 bridgehead atoms. The molecule has 142 valence electrons. The SMILES string of the molecule is O=C(CCc1nc(-c2cccs2)no1)NNC(=O)Cc1c[nH]c2ccccc12. The van der Waals surface area contributed by atoms with Crippen molar-refractivity contribution in [2.75, 3.05) is 0 Å². The maximum absolute atomic E-state index is 12.1. The van der Waals surface area contributed by atoms with Gasteiger partial charge in [-0.05, 0) is 23.1 Å². The summed E-state index contributed by atoms with van der Waals surface area (Å²) in [6.45, 7) is 0. The van der Waals surface area contributed by atoms with Gasteiger partial charge in [0.15, 0.2) is 0 Å². The summed E-state index contributed by atoms with van der Waals surface area (Å²) in [5.41, 5.74) is 6.68. The molecule has 0 radical (unpaired) electrons. The second-order valence-corrected chi connectivity index (χ2v) is 7.07. The summed E-state index contributed by atoms with van der Waals surface area (Å²) < 4.78 is 5.15. The van der Waals surface area contributed by atoms with Crippen molar-refractivity contribution in [3.8, 4) is 10.7 Å². The molecule has 0 fully saturated rings. The lowest BCUT2D eigenvalue weighted by molar-refractivity contribution is -0.128. The number of para-hydroxylation sites is 1. The van der Waals surface area contributed by atoms with E-state index in [9.17, 15) is 9.59 Å². The fraction of sp³-hybridized carbons (Fsp3) is 0.158. The molecule has 0 aliphatic rings. The van der Waals surface area contributed by atoms with Gasteiger partial charge in [-0.3, -0.25) is 20.4 Å². The van der Waals surface area contributed by atoms with Crippen molar-refractivity contribution < 1.29 is 14.1 Å². The molecular weight excluding hydrogens is 378 g/mol. The van der Waals surface area contributed by atoms with Crippen LogP contribution in [0.15, 0.2) is 52.5 Å². The topological polar surface area (TPSA) is 113 Å². The van der Waals surface area contributed by atoms with E-state index < -0.39 is 0 Å². The Balaban J connectivity index is 1.24. The van der Waals surface area contributed by atoms with Gasteiger partial charge < -0.3 is 9.51 Å². The van der Waals surface area contributed by atoms with Gasteiger partial charge in [-0.2, -0.15) is 4.98 Å². The summed E-state index contributed by atoms with van der Waals surface area (Å²) in [6, 6.07) is 11.5. The van der Waals surface area contributed by atoms with Gasteiger partial charge in [0.25, 0.3) is 0 Å². The van der Waals surface area contributed by atoms with Crippen molar-refractivity contribution in [3.05, 3.63) is 59.4 Å². The maximum atomic E-state index is 12.1. The first kappa shape index (κ1) is 17.9. The van der Waals surface area contributed by atoms with Crippen molar-refractivity contribution >= 4 is 34.1 Å². The number of nitrogens with zero attached hydrogens (tertiary/aromatic N) is 2. The number of carbonyl (C=O) groups is 2. The molecule has 3 N–H and O–H groups in total. The van der Waals surface area contributed by atoms with Crippen molar-refractivity contribution in [1.29, 1.82) is 0 Å². The number of hydrazine groups is 1. The highest BCUT2D eigenvalue weighted by Gasteiger charge is 2.13. The van der Waals surface area contributed by atoms with Crippen molar-refractivity contribution in [1.82, 2.24) is 26.0 Å². The number of rotatable bonds is 6. The van der Waals surface area contributed by atoms with Crippen molar-refractivity contribution in [2.24, 2.45) is 0 Å². The molecular formula is C19H17N5O3S. The Kier molecular flexibility index (Phi) is 5.16. The Labute approximate surface area is 163 Å². The minimum atomic E-state index is -0.330. The predicted molar refractivity (Wildman–Crippen MR) is 104 cm³/mol. The van der Waals surface area contributed by atoms with E-state index in [1.165, 1.54) is 11.3 Å². The first-order chi connectivity index (χ1) is 13.7. The lowest BCUT2D eigenvalue weighted by atomic mass is 10.1. The van der Waals surface area contributed by atoms with Crippen LogP contribution in [0.1, 0.15) is 17.9 Å². The molecule has 0 aliphatic heterocycles. The fourth-order valence-corrected chi connectivity index (χ4v) is 3.43. The number of nitrogens with one attached hydrogen (secondary N) is 3. The van der Waals surface area contributed by atoms with Gasteiger partial charge in [0.2, 0.25) is 23.5 Å². The average molecular weight is 395 g/mol. The van der Waals surface area contributed by atoms with E-state index in [1.807, 2.05) is 41.8 Å². The highest BCUT2D eigenvalue weighted by atomic mass is 32.1. The molecule has 0 spiro atoms. The molecule has 3 aromatic heterocycles. The second kappa shape index (κ2) is 8.05. The summed E-state index contributed by atoms with van der Waals surface area (Å²) in [4.78, 5) is 32.3. The summed E-state index contributed by atoms with van der Waals surface area (Å²) in [5, 5.41) is 6.81. The Morgan fingerprint density at radius 2 is 1.96 bits per heavy atom. The smallest absolute Gasteiger partial charge is 0.242 e. The molecule has 4 rings (SSSR count). The van der Waals surface area contributed by atoms with E-state index in [4.69, 9.17) is 4.52 Å². The third-order valence-corrected chi connectivity index (χ3v) is 5.01. The molecule has 9 heteroatoms. The molecule has 28 heavy (non-hydrogen) atoms. The number of hydrogen-bond donors (Lipinski definition) is 3. The molecule has 8 nitrogen and oxygen atoms in total. The number of carbonyl (C=O) groups excluding carboxylic acids is 2. The summed E-state index contributed by atoms with van der Waals surface area (Å²) in [6.07, 6.45) is 2.38. The van der Waals surface area contributed by atoms with Gasteiger partial charge in [0.1, 0.15) is 0 Å². The van der Waals surface area contributed by atoms with Crippen LogP contribution in [0.5, 0.6) is 0 Å². The van der Waals surface area contributed by atoms with Gasteiger partial charge in [0.05, 0.1) is 11.3 Å². The van der Waals surface area contributed by atoms with E-state index in [2.05, 4.69) is 26.0 Å². The van der Waals surface area contributed by atoms with Crippen LogP contribution in [-0.2, 0) is 22.4 Å². The minimum absolute atomic E-state index is 0.124. The molecule has 0 atom stereocenters. The zero-order valence-corrected chi connectivity index (χ0v) is 15.6. The summed E-state index contributed by atoms with van der Waals surface area (Å²) in [7, 11) is 0. The van der Waals surface area contributed by atoms with Gasteiger partial charge in [-0.1, -0.05) is 29.4 Å². The molecule has 0 unspecified atom stereocenters. The van der Waals surface area contributed by atoms with E-state index in [-0.39, 0.29) is 24.7 Å². The summed E-state index contributed by atoms with van der Waals surface area (Å²) in [5.74, 6) is 0.264. The van der Waals surface area contributed by atoms with E-state index in [0.29, 0.717) is 18.1 Å². The third-order valence-electron chi connectivity index (χ3n) is 4.14. The molecule has 0 aliphatic carbocycles. The molecule has 3 heterocycles. The number of aromatic nitrogens is 3. The molecule has 4 aromatic rings. The maximum Gasteiger partial charge on any atom is 0.242 e. The number of aromatic amines is 1. The number of H-pyrrole nitrogens is 1. The van der Waals surface area contributed by atoms with Gasteiger partial charge in [-0.25, -0.2) is 0 Å². The van der Waals surface area contributed by atoms with E-state index in [0.717, 1.165) is 21.3 Å². The predicted octanol–water partition coefficient (Wildman–Crippen LogP) is 2.60. The first-order valence-corrected chi connectivity index (χ1v) is 9.56. The van der Waals surface area contributed by atoms with Crippen LogP contribution in [0.4, 0.5) is 0 Å². The molecule has 0 saturated heterocycles. The highest BCUT2D eigenvalue weighted by molar-refractivity contribution is 7.13. The standard InChI is InChI=1S/C19H17N5O3S/c25-16(7-8-18-21-19(24-27-18)15-6-3-9-28-15)22-23-17(26)10-12-11-20-14-5-2-1-4-13(12)14/h1-6,9,11,20H,7-8,10H2,(H,22,25)(H,23,26). The normalized spacial score (nSPS) is 10.9. The Morgan fingerprint density at radius 1 is 1.11 bits per heavy atom. The zero-order valence-electron chi connectivity index (χ0n) is 14.8. The lowest BCUT2D eigenvalue weighted by Crippen LogP contribution is -2.42. The zero-order chi connectivity index (χ0) is 19.3. The van der Waals surface area contributed by atoms with Crippen LogP contribution < -0.4 is 10.9 Å². The largest absolute Gasteiger partial charge is 0.361 e. The number of hydrogen-bond acceptors (Lipinski definition) is 6. The fourth-order valence-electron chi connectivity index (χ4n) is 2.78. The third kappa shape index (κ3) is 4.09. The van der Waals surface area contributed by atoms with Crippen molar-refractivity contribution in [3.63, 3.8) is 0 Å². The van der Waals surface area contributed by atoms with Crippen LogP contribution in [0, 0.1) is 0 Å². The van der Waals surface area contributed by atoms with Crippen molar-refractivity contribution in [2.45, 2.75) is 19.3 Å². The Morgan fingerprint density at radius 3 is 2.82 bits per heavy atom. The number of fused-ring (bicyclic) bond motifs is 1. The number of amides is 2. The second-order valence-electron chi connectivity index (χ2n) is 6.12. The highest BCUT2D eigenvalue weighted by Crippen LogP contribution is 2.21. The number of benzene rings is 1. The number of aryl methyl sites for hydroxylation is 1. The lowest BCUT2D eigenvalue weighted by Gasteiger charge is -2.06. The van der Waals surface area contributed by atoms with E-state index in [1.54, 1.807) is 6.20 Å². The van der Waals surface area contributed by atoms with Crippen LogP contribution in [0.3, 0.4) is 0 Å². The molecule has 1 aromatic carbocycles. The van der Waals surface area contributed by atoms with Gasteiger partial charge >= 0.3 is 0 Å². The van der Waals surface area contributed by atoms with E-state index >= 15 is 0 Å². The Bertz CT molecular complexity index is 1100. The van der Waals surface area contributed by atoms with Crippen LogP contribution in [-0.4, -0.2) is 26.9 Å². The minimum Gasteiger partial charge on any atom is -0.361 e. The van der Waals surface area contributed by atoms with Gasteiger partial charge in [-0.15, -0.1) is 11.3 Å². The van der Waals surface area contributed by atoms with Gasteiger partial charge in [0, 0.05) is 29.9 Å². The quantitative estimate of drug-likeness (QED) is 0.434. The molecule has 2 amide bonds. The Hall–Kier alpha value is -3.46. The van der Waals surface area contributed by atoms with Crippen LogP contribution in [0.25, 0.3) is 21.6 Å². The van der Waals surface area contributed by atoms with Crippen LogP contribution >= 0.6 is 11.3 Å².